The zero-order chi connectivity index (χ0) is 16.6. The van der Waals surface area contributed by atoms with Crippen LogP contribution in [0, 0.1) is 0 Å². The number of rotatable bonds is 12. The van der Waals surface area contributed by atoms with E-state index in [0.717, 1.165) is 0 Å². The molecule has 128 valence electrons. The van der Waals surface area contributed by atoms with E-state index in [1.807, 2.05) is 13.8 Å². The molecular weight excluding hydrogens is 341 g/mol. The van der Waals surface area contributed by atoms with Crippen molar-refractivity contribution in [3.63, 3.8) is 0 Å². The van der Waals surface area contributed by atoms with Crippen molar-refractivity contribution in [3.05, 3.63) is 0 Å². The summed E-state index contributed by atoms with van der Waals surface area (Å²) in [5, 5.41) is 0. The summed E-state index contributed by atoms with van der Waals surface area (Å²) in [6, 6.07) is 0. The minimum absolute atomic E-state index is 0.0840. The predicted molar refractivity (Wildman–Crippen MR) is 76.5 cm³/mol. The van der Waals surface area contributed by atoms with Crippen LogP contribution in [0.15, 0.2) is 0 Å². The fraction of sp³-hybridized carbons (Fsp3) is 1.00. The molecule has 0 aromatic carbocycles. The lowest BCUT2D eigenvalue weighted by molar-refractivity contribution is -0.197. The van der Waals surface area contributed by atoms with E-state index in [2.05, 4.69) is 9.05 Å². The molecule has 21 heavy (non-hydrogen) atoms. The lowest BCUT2D eigenvalue weighted by Gasteiger charge is -2.29. The summed E-state index contributed by atoms with van der Waals surface area (Å²) in [7, 11) is -13.5. The topological polar surface area (TPSA) is 136 Å². The third-order valence-electron chi connectivity index (χ3n) is 2.36. The average molecular weight is 364 g/mol. The van der Waals surface area contributed by atoms with Crippen molar-refractivity contribution in [1.82, 2.24) is 0 Å². The van der Waals surface area contributed by atoms with Crippen LogP contribution >= 0.6 is 22.6 Å². The molecule has 2 atom stereocenters. The third kappa shape index (κ3) is 11.7. The molecular formula is C10H23O8P3-2. The molecule has 0 saturated heterocycles. The first-order valence-electron chi connectivity index (χ1n) is 6.73. The van der Waals surface area contributed by atoms with Crippen molar-refractivity contribution in [2.45, 2.75) is 39.5 Å². The molecule has 0 saturated carbocycles. The summed E-state index contributed by atoms with van der Waals surface area (Å²) < 4.78 is 43.9. The molecule has 0 fully saturated rings. The quantitative estimate of drug-likeness (QED) is 0.410. The molecule has 2 unspecified atom stereocenters. The molecule has 0 aliphatic heterocycles. The van der Waals surface area contributed by atoms with Crippen LogP contribution in [0.3, 0.4) is 0 Å². The minimum atomic E-state index is -4.54. The fourth-order valence-electron chi connectivity index (χ4n) is 1.36. The monoisotopic (exact) mass is 364 g/mol. The molecule has 0 heterocycles. The van der Waals surface area contributed by atoms with E-state index in [4.69, 9.17) is 0 Å². The van der Waals surface area contributed by atoms with Crippen LogP contribution < -0.4 is 9.79 Å². The number of unbranched alkanes of at least 4 members (excludes halogenated alkanes) is 2. The normalized spacial score (nSPS) is 20.4. The van der Waals surface area contributed by atoms with Crippen LogP contribution in [-0.2, 0) is 22.7 Å². The van der Waals surface area contributed by atoms with Crippen LogP contribution in [0.25, 0.3) is 0 Å². The van der Waals surface area contributed by atoms with Crippen LogP contribution in [-0.4, -0.2) is 29.9 Å². The Hall–Kier alpha value is 0.490. The van der Waals surface area contributed by atoms with Gasteiger partial charge in [0.25, 0.3) is 0 Å². The lowest BCUT2D eigenvalue weighted by atomic mass is 10.4. The van der Waals surface area contributed by atoms with Gasteiger partial charge in [-0.1, -0.05) is 26.7 Å². The molecule has 0 aliphatic rings. The predicted octanol–water partition coefficient (Wildman–Crippen LogP) is 1.91. The molecule has 0 rings (SSSR count). The van der Waals surface area contributed by atoms with E-state index in [1.54, 1.807) is 0 Å². The summed E-state index contributed by atoms with van der Waals surface area (Å²) in [5.74, 6) is -2.40. The van der Waals surface area contributed by atoms with Gasteiger partial charge in [-0.25, -0.2) is 0 Å². The Balaban J connectivity index is 4.50. The van der Waals surface area contributed by atoms with Crippen molar-refractivity contribution in [2.75, 3.05) is 25.0 Å². The largest absolute Gasteiger partial charge is 0.778 e. The van der Waals surface area contributed by atoms with Gasteiger partial charge in [-0.05, 0) is 12.8 Å². The van der Waals surface area contributed by atoms with Gasteiger partial charge in [0.15, 0.2) is 0 Å². The van der Waals surface area contributed by atoms with Gasteiger partial charge in [0, 0.05) is 0 Å². The second-order valence-electron chi connectivity index (χ2n) is 4.72. The highest BCUT2D eigenvalue weighted by atomic mass is 31.3. The van der Waals surface area contributed by atoms with Gasteiger partial charge in [0.05, 0.1) is 25.0 Å². The van der Waals surface area contributed by atoms with Crippen molar-refractivity contribution >= 4 is 22.6 Å². The Morgan fingerprint density at radius 2 is 1.19 bits per heavy atom. The Bertz CT molecular complexity index is 402. The van der Waals surface area contributed by atoms with Crippen molar-refractivity contribution < 1.29 is 37.4 Å². The maximum absolute atomic E-state index is 11.8. The van der Waals surface area contributed by atoms with E-state index in [0.29, 0.717) is 25.7 Å². The summed E-state index contributed by atoms with van der Waals surface area (Å²) >= 11 is 0. The summed E-state index contributed by atoms with van der Waals surface area (Å²) in [6.45, 7) is 3.49. The molecule has 0 aromatic rings. The second kappa shape index (κ2) is 9.59. The zero-order valence-electron chi connectivity index (χ0n) is 12.3. The maximum Gasteiger partial charge on any atom is 0.217 e. The van der Waals surface area contributed by atoms with E-state index >= 15 is 0 Å². The van der Waals surface area contributed by atoms with E-state index in [9.17, 15) is 28.4 Å². The minimum Gasteiger partial charge on any atom is -0.778 e. The molecule has 11 heteroatoms. The summed E-state index contributed by atoms with van der Waals surface area (Å²) in [6.07, 6.45) is 2.39. The molecule has 0 bridgehead atoms. The van der Waals surface area contributed by atoms with Gasteiger partial charge in [-0.2, -0.15) is 0 Å². The Morgan fingerprint density at radius 3 is 1.48 bits per heavy atom. The fourth-order valence-corrected chi connectivity index (χ4v) is 8.32. The third-order valence-corrected chi connectivity index (χ3v) is 9.82. The van der Waals surface area contributed by atoms with E-state index < -0.39 is 34.4 Å². The van der Waals surface area contributed by atoms with Crippen LogP contribution in [0.1, 0.15) is 39.5 Å². The second-order valence-corrected chi connectivity index (χ2v) is 11.6. The standard InChI is InChI=1S/C10H25O8P3/c1-3-5-7-17-20(13,14)9-19(11,12)10-21(15,16)18-8-6-4-2/h3-10H2,1-2H3,(H,11,12)(H,13,14)(H,15,16)/p-2. The van der Waals surface area contributed by atoms with Gasteiger partial charge in [-0.15, -0.1) is 0 Å². The number of hydrogen-bond acceptors (Lipinski definition) is 7. The molecule has 0 radical (unpaired) electrons. The smallest absolute Gasteiger partial charge is 0.217 e. The Morgan fingerprint density at radius 1 is 0.857 bits per heavy atom. The molecule has 0 spiro atoms. The van der Waals surface area contributed by atoms with Gasteiger partial charge >= 0.3 is 0 Å². The van der Waals surface area contributed by atoms with Crippen LogP contribution in [0.4, 0.5) is 0 Å². The van der Waals surface area contributed by atoms with E-state index in [1.165, 1.54) is 0 Å². The van der Waals surface area contributed by atoms with Crippen LogP contribution in [0.5, 0.6) is 0 Å². The van der Waals surface area contributed by atoms with Gasteiger partial charge in [-0.3, -0.25) is 4.57 Å². The first-order valence-corrected chi connectivity index (χ1v) is 12.2. The van der Waals surface area contributed by atoms with Crippen LogP contribution in [0.2, 0.25) is 0 Å². The summed E-state index contributed by atoms with van der Waals surface area (Å²) in [5.41, 5.74) is 0. The number of hydrogen-bond donors (Lipinski definition) is 1. The molecule has 0 amide bonds. The first kappa shape index (κ1) is 21.5. The Kier molecular flexibility index (Phi) is 9.81. The van der Waals surface area contributed by atoms with Crippen molar-refractivity contribution in [1.29, 1.82) is 0 Å². The zero-order valence-corrected chi connectivity index (χ0v) is 15.0. The summed E-state index contributed by atoms with van der Waals surface area (Å²) in [4.78, 5) is 32.6. The Labute approximate surface area is 125 Å². The van der Waals surface area contributed by atoms with Gasteiger partial charge in [0.1, 0.15) is 15.2 Å². The SMILES string of the molecule is CCCCOP(=O)([O-])CP(=O)(O)CP(=O)([O-])OCCCC. The van der Waals surface area contributed by atoms with Crippen molar-refractivity contribution in [3.8, 4) is 0 Å². The first-order chi connectivity index (χ1) is 9.54. The molecule has 0 aliphatic carbocycles. The van der Waals surface area contributed by atoms with E-state index in [-0.39, 0.29) is 13.2 Å². The molecule has 8 nitrogen and oxygen atoms in total. The highest BCUT2D eigenvalue weighted by molar-refractivity contribution is 7.79. The molecule has 0 aromatic heterocycles. The highest BCUT2D eigenvalue weighted by Crippen LogP contribution is 2.62. The average Bonchev–Trinajstić information content (AvgIpc) is 2.25. The molecule has 1 N–H and O–H groups in total. The maximum atomic E-state index is 11.8. The van der Waals surface area contributed by atoms with Crippen molar-refractivity contribution in [2.24, 2.45) is 0 Å². The van der Waals surface area contributed by atoms with Gasteiger partial charge in [0.2, 0.25) is 7.37 Å². The highest BCUT2D eigenvalue weighted by Gasteiger charge is 2.30. The lowest BCUT2D eigenvalue weighted by Crippen LogP contribution is -2.14. The van der Waals surface area contributed by atoms with Gasteiger partial charge < -0.3 is 32.9 Å².